The van der Waals surface area contributed by atoms with Gasteiger partial charge in [0.25, 0.3) is 0 Å². The molecule has 1 unspecified atom stereocenters. The van der Waals surface area contributed by atoms with Crippen LogP contribution in [0, 0.1) is 0 Å². The van der Waals surface area contributed by atoms with Gasteiger partial charge in [-0.15, -0.1) is 0 Å². The van der Waals surface area contributed by atoms with Gasteiger partial charge in [-0.05, 0) is 23.9 Å². The van der Waals surface area contributed by atoms with E-state index in [2.05, 4.69) is 0 Å². The largest absolute Gasteiger partial charge is 0.507 e. The van der Waals surface area contributed by atoms with Crippen LogP contribution in [0.1, 0.15) is 18.4 Å². The molecule has 0 bridgehead atoms. The van der Waals surface area contributed by atoms with Gasteiger partial charge in [-0.25, -0.2) is 0 Å². The molecule has 3 nitrogen and oxygen atoms in total. The van der Waals surface area contributed by atoms with Crippen molar-refractivity contribution in [2.45, 2.75) is 12.8 Å². The van der Waals surface area contributed by atoms with E-state index in [9.17, 15) is 9.90 Å². The van der Waals surface area contributed by atoms with E-state index in [4.69, 9.17) is 5.11 Å². The molecular formula is C13H12O3. The van der Waals surface area contributed by atoms with Crippen LogP contribution >= 0.6 is 0 Å². The van der Waals surface area contributed by atoms with Gasteiger partial charge in [0.15, 0.2) is 0 Å². The third-order valence-corrected chi connectivity index (χ3v) is 2.77. The lowest BCUT2D eigenvalue weighted by Crippen LogP contribution is -2.07. The van der Waals surface area contributed by atoms with Crippen molar-refractivity contribution < 1.29 is 15.0 Å². The van der Waals surface area contributed by atoms with Crippen molar-refractivity contribution in [3.8, 4) is 5.75 Å². The van der Waals surface area contributed by atoms with Crippen LogP contribution in [0.3, 0.4) is 0 Å². The fourth-order valence-electron chi connectivity index (χ4n) is 1.83. The summed E-state index contributed by atoms with van der Waals surface area (Å²) in [6, 6.07) is 10.5. The highest BCUT2D eigenvalue weighted by molar-refractivity contribution is 5.94. The molecule has 0 amide bonds. The molecule has 0 saturated heterocycles. The summed E-state index contributed by atoms with van der Waals surface area (Å²) in [5, 5.41) is 20.1. The summed E-state index contributed by atoms with van der Waals surface area (Å²) in [5.41, 5.74) is 0.723. The molecule has 3 heteroatoms. The first-order valence-electron chi connectivity index (χ1n) is 5.04. The minimum absolute atomic E-state index is 0.178. The van der Waals surface area contributed by atoms with Gasteiger partial charge in [0.2, 0.25) is 0 Å². The number of benzene rings is 2. The highest BCUT2D eigenvalue weighted by Gasteiger charge is 2.16. The van der Waals surface area contributed by atoms with Crippen LogP contribution in [0.5, 0.6) is 5.75 Å². The SMILES string of the molecule is CC(C(=O)O)c1cccc2c(O)cccc12. The molecular weight excluding hydrogens is 204 g/mol. The number of aromatic hydroxyl groups is 1. The van der Waals surface area contributed by atoms with Crippen molar-refractivity contribution in [1.82, 2.24) is 0 Å². The number of rotatable bonds is 2. The second-order valence-corrected chi connectivity index (χ2v) is 3.78. The first kappa shape index (κ1) is 10.5. The van der Waals surface area contributed by atoms with E-state index >= 15 is 0 Å². The first-order valence-corrected chi connectivity index (χ1v) is 5.04. The fourth-order valence-corrected chi connectivity index (χ4v) is 1.83. The number of phenols is 1. The summed E-state index contributed by atoms with van der Waals surface area (Å²) in [7, 11) is 0. The van der Waals surface area contributed by atoms with Crippen LogP contribution in [0.15, 0.2) is 36.4 Å². The molecule has 16 heavy (non-hydrogen) atoms. The second-order valence-electron chi connectivity index (χ2n) is 3.78. The maximum atomic E-state index is 11.0. The maximum absolute atomic E-state index is 11.0. The van der Waals surface area contributed by atoms with Crippen LogP contribution in [0.2, 0.25) is 0 Å². The van der Waals surface area contributed by atoms with Gasteiger partial charge >= 0.3 is 5.97 Å². The number of phenolic OH excluding ortho intramolecular Hbond substituents is 1. The minimum Gasteiger partial charge on any atom is -0.507 e. The average molecular weight is 216 g/mol. The van der Waals surface area contributed by atoms with Crippen LogP contribution in [0.25, 0.3) is 10.8 Å². The van der Waals surface area contributed by atoms with Gasteiger partial charge < -0.3 is 10.2 Å². The van der Waals surface area contributed by atoms with E-state index < -0.39 is 11.9 Å². The number of hydrogen-bond donors (Lipinski definition) is 2. The zero-order valence-electron chi connectivity index (χ0n) is 8.84. The predicted octanol–water partition coefficient (Wildman–Crippen LogP) is 2.73. The molecule has 82 valence electrons. The number of carboxylic acids is 1. The van der Waals surface area contributed by atoms with E-state index in [1.54, 1.807) is 37.3 Å². The monoisotopic (exact) mass is 216 g/mol. The molecule has 0 radical (unpaired) electrons. The van der Waals surface area contributed by atoms with Gasteiger partial charge in [0, 0.05) is 5.39 Å². The summed E-state index contributed by atoms with van der Waals surface area (Å²) in [4.78, 5) is 11.0. The molecule has 0 spiro atoms. The highest BCUT2D eigenvalue weighted by atomic mass is 16.4. The summed E-state index contributed by atoms with van der Waals surface area (Å²) in [6.07, 6.45) is 0. The zero-order chi connectivity index (χ0) is 11.7. The van der Waals surface area contributed by atoms with Crippen molar-refractivity contribution >= 4 is 16.7 Å². The summed E-state index contributed by atoms with van der Waals surface area (Å²) < 4.78 is 0. The fraction of sp³-hybridized carbons (Fsp3) is 0.154. The summed E-state index contributed by atoms with van der Waals surface area (Å²) in [5.74, 6) is -1.27. The quantitative estimate of drug-likeness (QED) is 0.811. The Morgan fingerprint density at radius 3 is 2.44 bits per heavy atom. The van der Waals surface area contributed by atoms with Crippen LogP contribution in [-0.2, 0) is 4.79 Å². The molecule has 0 aliphatic rings. The van der Waals surface area contributed by atoms with E-state index in [-0.39, 0.29) is 5.75 Å². The second kappa shape index (κ2) is 3.85. The topological polar surface area (TPSA) is 57.5 Å². The molecule has 2 aromatic carbocycles. The van der Waals surface area contributed by atoms with Gasteiger partial charge in [0.1, 0.15) is 5.75 Å². The molecule has 0 saturated carbocycles. The van der Waals surface area contributed by atoms with Gasteiger partial charge in [-0.1, -0.05) is 30.3 Å². The van der Waals surface area contributed by atoms with Crippen molar-refractivity contribution in [3.05, 3.63) is 42.0 Å². The van der Waals surface area contributed by atoms with Gasteiger partial charge in [0.05, 0.1) is 5.92 Å². The first-order chi connectivity index (χ1) is 7.61. The molecule has 2 aromatic rings. The van der Waals surface area contributed by atoms with Gasteiger partial charge in [-0.2, -0.15) is 0 Å². The lowest BCUT2D eigenvalue weighted by atomic mass is 9.94. The molecule has 0 heterocycles. The minimum atomic E-state index is -0.865. The lowest BCUT2D eigenvalue weighted by Gasteiger charge is -2.11. The number of carbonyl (C=O) groups is 1. The Balaban J connectivity index is 2.72. The third kappa shape index (κ3) is 1.60. The Labute approximate surface area is 93.0 Å². The number of aliphatic carboxylic acids is 1. The van der Waals surface area contributed by atoms with Crippen LogP contribution in [0.4, 0.5) is 0 Å². The smallest absolute Gasteiger partial charge is 0.310 e. The number of carboxylic acid groups (broad SMARTS) is 1. The van der Waals surface area contributed by atoms with E-state index in [0.29, 0.717) is 5.39 Å². The molecule has 0 fully saturated rings. The van der Waals surface area contributed by atoms with Crippen molar-refractivity contribution in [2.24, 2.45) is 0 Å². The molecule has 0 aliphatic heterocycles. The third-order valence-electron chi connectivity index (χ3n) is 2.77. The number of fused-ring (bicyclic) bond motifs is 1. The maximum Gasteiger partial charge on any atom is 0.310 e. The molecule has 2 rings (SSSR count). The Bertz CT molecular complexity index is 546. The zero-order valence-corrected chi connectivity index (χ0v) is 8.84. The summed E-state index contributed by atoms with van der Waals surface area (Å²) >= 11 is 0. The Morgan fingerprint density at radius 2 is 1.75 bits per heavy atom. The van der Waals surface area contributed by atoms with Crippen LogP contribution < -0.4 is 0 Å². The number of hydrogen-bond acceptors (Lipinski definition) is 2. The average Bonchev–Trinajstić information content (AvgIpc) is 2.28. The molecule has 0 aliphatic carbocycles. The van der Waals surface area contributed by atoms with Crippen molar-refractivity contribution in [3.63, 3.8) is 0 Å². The molecule has 1 atom stereocenters. The Morgan fingerprint density at radius 1 is 1.12 bits per heavy atom. The van der Waals surface area contributed by atoms with Crippen molar-refractivity contribution in [1.29, 1.82) is 0 Å². The molecule has 0 aromatic heterocycles. The van der Waals surface area contributed by atoms with E-state index in [1.165, 1.54) is 0 Å². The molecule has 2 N–H and O–H groups in total. The van der Waals surface area contributed by atoms with Crippen molar-refractivity contribution in [2.75, 3.05) is 0 Å². The summed E-state index contributed by atoms with van der Waals surface area (Å²) in [6.45, 7) is 1.64. The normalized spacial score (nSPS) is 12.6. The lowest BCUT2D eigenvalue weighted by molar-refractivity contribution is -0.138. The van der Waals surface area contributed by atoms with Gasteiger partial charge in [-0.3, -0.25) is 4.79 Å². The highest BCUT2D eigenvalue weighted by Crippen LogP contribution is 2.30. The van der Waals surface area contributed by atoms with E-state index in [0.717, 1.165) is 10.9 Å². The predicted molar refractivity (Wildman–Crippen MR) is 61.7 cm³/mol. The standard InChI is InChI=1S/C13H12O3/c1-8(13(15)16)9-4-2-6-11-10(9)5-3-7-12(11)14/h2-8,14H,1H3,(H,15,16). The Hall–Kier alpha value is -2.03. The van der Waals surface area contributed by atoms with E-state index in [1.807, 2.05) is 6.07 Å². The van der Waals surface area contributed by atoms with Crippen LogP contribution in [-0.4, -0.2) is 16.2 Å². The Kier molecular flexibility index (Phi) is 2.52.